The SMILES string of the molecule is O=C(COc1c(Br)cccc1CO)NCC(F)(F)F. The number of halogens is 4. The lowest BCUT2D eigenvalue weighted by Crippen LogP contribution is -2.36. The van der Waals surface area contributed by atoms with E-state index in [0.717, 1.165) is 0 Å². The van der Waals surface area contributed by atoms with Gasteiger partial charge in [0.1, 0.15) is 12.3 Å². The zero-order valence-corrected chi connectivity index (χ0v) is 11.2. The Bertz CT molecular complexity index is 451. The summed E-state index contributed by atoms with van der Waals surface area (Å²) >= 11 is 3.16. The van der Waals surface area contributed by atoms with Crippen LogP contribution < -0.4 is 10.1 Å². The average molecular weight is 342 g/mol. The highest BCUT2D eigenvalue weighted by Crippen LogP contribution is 2.28. The zero-order valence-electron chi connectivity index (χ0n) is 9.63. The average Bonchev–Trinajstić information content (AvgIpc) is 2.33. The summed E-state index contributed by atoms with van der Waals surface area (Å²) in [5, 5.41) is 10.8. The van der Waals surface area contributed by atoms with Crippen LogP contribution in [0, 0.1) is 0 Å². The second-order valence-corrected chi connectivity index (χ2v) is 4.42. The van der Waals surface area contributed by atoms with E-state index in [2.05, 4.69) is 15.9 Å². The van der Waals surface area contributed by atoms with E-state index in [0.29, 0.717) is 10.0 Å². The predicted molar refractivity (Wildman–Crippen MR) is 64.6 cm³/mol. The van der Waals surface area contributed by atoms with Gasteiger partial charge in [0.2, 0.25) is 0 Å². The summed E-state index contributed by atoms with van der Waals surface area (Å²) in [7, 11) is 0. The summed E-state index contributed by atoms with van der Waals surface area (Å²) in [6, 6.07) is 4.86. The van der Waals surface area contributed by atoms with E-state index < -0.39 is 25.2 Å². The molecule has 4 nitrogen and oxygen atoms in total. The first-order valence-corrected chi connectivity index (χ1v) is 5.97. The molecule has 1 rings (SSSR count). The fraction of sp³-hybridized carbons (Fsp3) is 0.364. The lowest BCUT2D eigenvalue weighted by molar-refractivity contribution is -0.139. The van der Waals surface area contributed by atoms with E-state index in [1.54, 1.807) is 23.5 Å². The molecule has 0 aliphatic rings. The normalized spacial score (nSPS) is 11.2. The van der Waals surface area contributed by atoms with Gasteiger partial charge >= 0.3 is 6.18 Å². The molecule has 106 valence electrons. The number of nitrogens with one attached hydrogen (secondary N) is 1. The van der Waals surface area contributed by atoms with Crippen LogP contribution in [0.15, 0.2) is 22.7 Å². The van der Waals surface area contributed by atoms with Gasteiger partial charge in [-0.3, -0.25) is 4.79 Å². The molecule has 1 aromatic carbocycles. The van der Waals surface area contributed by atoms with Crippen LogP contribution in [0.3, 0.4) is 0 Å². The van der Waals surface area contributed by atoms with E-state index >= 15 is 0 Å². The van der Waals surface area contributed by atoms with Gasteiger partial charge in [-0.05, 0) is 22.0 Å². The van der Waals surface area contributed by atoms with E-state index in [-0.39, 0.29) is 12.4 Å². The molecule has 0 saturated carbocycles. The molecule has 1 amide bonds. The lowest BCUT2D eigenvalue weighted by atomic mass is 10.2. The third kappa shape index (κ3) is 5.48. The van der Waals surface area contributed by atoms with Gasteiger partial charge in [0.15, 0.2) is 6.61 Å². The Morgan fingerprint density at radius 1 is 1.42 bits per heavy atom. The minimum absolute atomic E-state index is 0.229. The van der Waals surface area contributed by atoms with E-state index in [1.807, 2.05) is 0 Å². The second-order valence-electron chi connectivity index (χ2n) is 3.57. The number of hydrogen-bond donors (Lipinski definition) is 2. The lowest BCUT2D eigenvalue weighted by Gasteiger charge is -2.12. The molecular formula is C11H11BrF3NO3. The summed E-state index contributed by atoms with van der Waals surface area (Å²) < 4.78 is 41.2. The summed E-state index contributed by atoms with van der Waals surface area (Å²) in [4.78, 5) is 11.2. The van der Waals surface area contributed by atoms with Crippen LogP contribution in [-0.2, 0) is 11.4 Å². The molecule has 0 radical (unpaired) electrons. The molecule has 0 bridgehead atoms. The van der Waals surface area contributed by atoms with Gasteiger partial charge in [-0.2, -0.15) is 13.2 Å². The third-order valence-electron chi connectivity index (χ3n) is 2.05. The van der Waals surface area contributed by atoms with Crippen molar-refractivity contribution >= 4 is 21.8 Å². The maximum Gasteiger partial charge on any atom is 0.405 e. The van der Waals surface area contributed by atoms with Gasteiger partial charge in [0, 0.05) is 5.56 Å². The van der Waals surface area contributed by atoms with Gasteiger partial charge in [0.05, 0.1) is 11.1 Å². The number of aliphatic hydroxyl groups is 1. The van der Waals surface area contributed by atoms with Crippen molar-refractivity contribution in [2.45, 2.75) is 12.8 Å². The van der Waals surface area contributed by atoms with E-state index in [1.165, 1.54) is 0 Å². The first kappa shape index (κ1) is 15.8. The molecule has 0 unspecified atom stereocenters. The number of amides is 1. The van der Waals surface area contributed by atoms with Gasteiger partial charge in [0.25, 0.3) is 5.91 Å². The Labute approximate surface area is 115 Å². The first-order chi connectivity index (χ1) is 8.83. The number of aliphatic hydroxyl groups excluding tert-OH is 1. The second kappa shape index (κ2) is 6.76. The van der Waals surface area contributed by atoms with Gasteiger partial charge in [-0.25, -0.2) is 0 Å². The highest BCUT2D eigenvalue weighted by Gasteiger charge is 2.27. The molecule has 0 aromatic heterocycles. The quantitative estimate of drug-likeness (QED) is 0.861. The third-order valence-corrected chi connectivity index (χ3v) is 2.68. The number of carbonyl (C=O) groups excluding carboxylic acids is 1. The zero-order chi connectivity index (χ0) is 14.5. The monoisotopic (exact) mass is 341 g/mol. The predicted octanol–water partition coefficient (Wildman–Crippen LogP) is 2.00. The van der Waals surface area contributed by atoms with Crippen LogP contribution in [0.4, 0.5) is 13.2 Å². The molecule has 1 aromatic rings. The number of ether oxygens (including phenoxy) is 1. The molecule has 0 saturated heterocycles. The fourth-order valence-corrected chi connectivity index (χ4v) is 1.75. The van der Waals surface area contributed by atoms with Crippen LogP contribution in [0.25, 0.3) is 0 Å². The van der Waals surface area contributed by atoms with Crippen molar-refractivity contribution < 1.29 is 27.8 Å². The van der Waals surface area contributed by atoms with Crippen LogP contribution in [0.5, 0.6) is 5.75 Å². The summed E-state index contributed by atoms with van der Waals surface area (Å²) in [6.45, 7) is -2.28. The summed E-state index contributed by atoms with van der Waals surface area (Å²) in [6.07, 6.45) is -4.46. The molecule has 0 atom stereocenters. The highest BCUT2D eigenvalue weighted by molar-refractivity contribution is 9.10. The molecule has 19 heavy (non-hydrogen) atoms. The van der Waals surface area contributed by atoms with Crippen LogP contribution >= 0.6 is 15.9 Å². The number of alkyl halides is 3. The Morgan fingerprint density at radius 3 is 2.68 bits per heavy atom. The Balaban J connectivity index is 2.55. The Kier molecular flexibility index (Phi) is 5.61. The van der Waals surface area contributed by atoms with Crippen molar-refractivity contribution in [2.75, 3.05) is 13.2 Å². The molecule has 0 aliphatic heterocycles. The van der Waals surface area contributed by atoms with Gasteiger partial charge in [-0.1, -0.05) is 12.1 Å². The van der Waals surface area contributed by atoms with Crippen molar-refractivity contribution in [3.8, 4) is 5.75 Å². The van der Waals surface area contributed by atoms with Gasteiger partial charge in [-0.15, -0.1) is 0 Å². The number of para-hydroxylation sites is 1. The topological polar surface area (TPSA) is 58.6 Å². The number of hydrogen-bond acceptors (Lipinski definition) is 3. The summed E-state index contributed by atoms with van der Waals surface area (Å²) in [5.74, 6) is -0.663. The smallest absolute Gasteiger partial charge is 0.405 e. The Hall–Kier alpha value is -1.28. The standard InChI is InChI=1S/C11H11BrF3NO3/c12-8-3-1-2-7(4-17)10(8)19-5-9(18)16-6-11(13,14)15/h1-3,17H,4-6H2,(H,16,18). The fourth-order valence-electron chi connectivity index (χ4n) is 1.23. The van der Waals surface area contributed by atoms with Crippen LogP contribution in [0.1, 0.15) is 5.56 Å². The maximum atomic E-state index is 11.9. The van der Waals surface area contributed by atoms with Crippen molar-refractivity contribution in [3.63, 3.8) is 0 Å². The van der Waals surface area contributed by atoms with Crippen molar-refractivity contribution in [1.82, 2.24) is 5.32 Å². The minimum atomic E-state index is -4.46. The van der Waals surface area contributed by atoms with E-state index in [4.69, 9.17) is 9.84 Å². The van der Waals surface area contributed by atoms with Crippen molar-refractivity contribution in [2.24, 2.45) is 0 Å². The number of carbonyl (C=O) groups is 1. The molecular weight excluding hydrogens is 331 g/mol. The maximum absolute atomic E-state index is 11.9. The molecule has 8 heteroatoms. The van der Waals surface area contributed by atoms with E-state index in [9.17, 15) is 18.0 Å². The number of benzene rings is 1. The largest absolute Gasteiger partial charge is 0.482 e. The molecule has 2 N–H and O–H groups in total. The molecule has 0 fully saturated rings. The summed E-state index contributed by atoms with van der Waals surface area (Å²) in [5.41, 5.74) is 0.429. The van der Waals surface area contributed by atoms with Crippen molar-refractivity contribution in [3.05, 3.63) is 28.2 Å². The van der Waals surface area contributed by atoms with Crippen LogP contribution in [0.2, 0.25) is 0 Å². The van der Waals surface area contributed by atoms with Crippen molar-refractivity contribution in [1.29, 1.82) is 0 Å². The van der Waals surface area contributed by atoms with Crippen LogP contribution in [-0.4, -0.2) is 30.3 Å². The highest BCUT2D eigenvalue weighted by atomic mass is 79.9. The molecule has 0 heterocycles. The molecule has 0 aliphatic carbocycles. The van der Waals surface area contributed by atoms with Gasteiger partial charge < -0.3 is 15.2 Å². The first-order valence-electron chi connectivity index (χ1n) is 5.18. The molecule has 0 spiro atoms. The number of rotatable bonds is 5. The minimum Gasteiger partial charge on any atom is -0.482 e. The Morgan fingerprint density at radius 2 is 2.11 bits per heavy atom.